The van der Waals surface area contributed by atoms with Crippen LogP contribution in [0.5, 0.6) is 0 Å². The quantitative estimate of drug-likeness (QED) is 0.498. The first-order valence-electron chi connectivity index (χ1n) is 9.05. The summed E-state index contributed by atoms with van der Waals surface area (Å²) in [7, 11) is 0. The number of fused-ring (bicyclic) bond motifs is 1. The lowest BCUT2D eigenvalue weighted by Crippen LogP contribution is -2.23. The van der Waals surface area contributed by atoms with Crippen LogP contribution in [0.25, 0.3) is 10.2 Å². The number of aryl methyl sites for hydroxylation is 1. The minimum absolute atomic E-state index is 0.0896. The Morgan fingerprint density at radius 1 is 1.00 bits per heavy atom. The molecule has 7 heteroatoms. The summed E-state index contributed by atoms with van der Waals surface area (Å²) in [6, 6.07) is 17.6. The van der Waals surface area contributed by atoms with Crippen LogP contribution in [0.4, 0.5) is 5.69 Å². The van der Waals surface area contributed by atoms with Crippen molar-refractivity contribution in [1.82, 2.24) is 9.55 Å². The van der Waals surface area contributed by atoms with Gasteiger partial charge in [-0.1, -0.05) is 42.5 Å². The fraction of sp³-hybridized carbons (Fsp3) is 0.0909. The molecule has 0 aliphatic carbocycles. The highest BCUT2D eigenvalue weighted by atomic mass is 32.1. The first-order valence-corrected chi connectivity index (χ1v) is 9.93. The maximum absolute atomic E-state index is 12.8. The zero-order chi connectivity index (χ0) is 20.2. The highest BCUT2D eigenvalue weighted by Crippen LogP contribution is 2.19. The number of rotatable bonds is 6. The topological polar surface area (TPSA) is 81.1 Å². The average molecular weight is 403 g/mol. The number of nitrogens with zero attached hydrogens (tertiary/aromatic N) is 2. The Hall–Kier alpha value is -3.58. The van der Waals surface area contributed by atoms with E-state index in [-0.39, 0.29) is 30.2 Å². The second-order valence-corrected chi connectivity index (χ2v) is 7.33. The molecule has 6 nitrogen and oxygen atoms in total. The Morgan fingerprint density at radius 3 is 2.59 bits per heavy atom. The number of hydrogen-bond acceptors (Lipinski definition) is 5. The number of hydrogen-bond donors (Lipinski definition) is 1. The van der Waals surface area contributed by atoms with Gasteiger partial charge >= 0.3 is 0 Å². The molecule has 0 saturated heterocycles. The minimum atomic E-state index is -0.281. The number of amides is 1. The molecule has 0 aliphatic rings. The van der Waals surface area contributed by atoms with Crippen LogP contribution < -0.4 is 10.9 Å². The number of anilines is 1. The molecule has 0 aliphatic heterocycles. The van der Waals surface area contributed by atoms with Crippen LogP contribution in [0, 0.1) is 0 Å². The van der Waals surface area contributed by atoms with E-state index in [4.69, 9.17) is 0 Å². The molecule has 1 N–H and O–H groups in total. The second-order valence-electron chi connectivity index (χ2n) is 6.42. The van der Waals surface area contributed by atoms with Gasteiger partial charge in [0.2, 0.25) is 5.91 Å². The summed E-state index contributed by atoms with van der Waals surface area (Å²) in [5.74, 6) is -0.443. The number of carbonyl (C=O) groups excluding carboxylic acids is 2. The number of para-hydroxylation sites is 1. The van der Waals surface area contributed by atoms with Crippen LogP contribution >= 0.6 is 11.3 Å². The zero-order valence-corrected chi connectivity index (χ0v) is 16.2. The van der Waals surface area contributed by atoms with Gasteiger partial charge in [0, 0.05) is 24.1 Å². The SMILES string of the molecule is O=C(CCn1cnc2ccsc2c1=O)Nc1ccccc1C(=O)c1ccccc1. The lowest BCUT2D eigenvalue weighted by molar-refractivity contribution is -0.116. The number of ketones is 1. The first-order chi connectivity index (χ1) is 14.1. The van der Waals surface area contributed by atoms with Gasteiger partial charge in [0.1, 0.15) is 4.70 Å². The second kappa shape index (κ2) is 8.20. The number of nitrogens with one attached hydrogen (secondary N) is 1. The molecule has 144 valence electrons. The maximum atomic E-state index is 12.8. The van der Waals surface area contributed by atoms with E-state index in [0.717, 1.165) is 0 Å². The summed E-state index contributed by atoms with van der Waals surface area (Å²) in [5.41, 5.74) is 1.93. The van der Waals surface area contributed by atoms with Crippen molar-refractivity contribution in [3.8, 4) is 0 Å². The first kappa shape index (κ1) is 18.8. The van der Waals surface area contributed by atoms with Gasteiger partial charge in [-0.15, -0.1) is 11.3 Å². The van der Waals surface area contributed by atoms with E-state index in [2.05, 4.69) is 10.3 Å². The van der Waals surface area contributed by atoms with Gasteiger partial charge in [0.25, 0.3) is 5.56 Å². The van der Waals surface area contributed by atoms with E-state index in [9.17, 15) is 14.4 Å². The minimum Gasteiger partial charge on any atom is -0.325 e. The molecule has 0 unspecified atom stereocenters. The monoisotopic (exact) mass is 403 g/mol. The highest BCUT2D eigenvalue weighted by Gasteiger charge is 2.15. The summed E-state index contributed by atoms with van der Waals surface area (Å²) in [6.07, 6.45) is 1.55. The van der Waals surface area contributed by atoms with Crippen molar-refractivity contribution in [2.24, 2.45) is 0 Å². The van der Waals surface area contributed by atoms with E-state index in [1.54, 1.807) is 54.6 Å². The molecule has 0 spiro atoms. The van der Waals surface area contributed by atoms with Crippen molar-refractivity contribution in [3.05, 3.63) is 93.9 Å². The molecule has 0 atom stereocenters. The maximum Gasteiger partial charge on any atom is 0.271 e. The largest absolute Gasteiger partial charge is 0.325 e. The molecular weight excluding hydrogens is 386 g/mol. The van der Waals surface area contributed by atoms with Gasteiger partial charge in [0.05, 0.1) is 17.5 Å². The van der Waals surface area contributed by atoms with Gasteiger partial charge in [-0.2, -0.15) is 0 Å². The van der Waals surface area contributed by atoms with E-state index in [0.29, 0.717) is 27.0 Å². The van der Waals surface area contributed by atoms with Crippen LogP contribution in [0.2, 0.25) is 0 Å². The summed E-state index contributed by atoms with van der Waals surface area (Å²) in [6.45, 7) is 0.209. The van der Waals surface area contributed by atoms with E-state index in [1.165, 1.54) is 22.2 Å². The molecule has 4 aromatic rings. The molecule has 0 saturated carbocycles. The van der Waals surface area contributed by atoms with Crippen LogP contribution in [0.3, 0.4) is 0 Å². The normalized spacial score (nSPS) is 10.8. The lowest BCUT2D eigenvalue weighted by Gasteiger charge is -2.11. The molecule has 1 amide bonds. The van der Waals surface area contributed by atoms with E-state index >= 15 is 0 Å². The van der Waals surface area contributed by atoms with Crippen molar-refractivity contribution in [3.63, 3.8) is 0 Å². The zero-order valence-electron chi connectivity index (χ0n) is 15.4. The summed E-state index contributed by atoms with van der Waals surface area (Å²) in [5, 5.41) is 4.61. The van der Waals surface area contributed by atoms with Crippen LogP contribution in [-0.2, 0) is 11.3 Å². The molecule has 2 aromatic heterocycles. The summed E-state index contributed by atoms with van der Waals surface area (Å²) >= 11 is 1.33. The van der Waals surface area contributed by atoms with Crippen LogP contribution in [0.15, 0.2) is 77.2 Å². The average Bonchev–Trinajstić information content (AvgIpc) is 3.24. The molecule has 2 heterocycles. The van der Waals surface area contributed by atoms with E-state index < -0.39 is 0 Å². The smallest absolute Gasteiger partial charge is 0.271 e. The Morgan fingerprint density at radius 2 is 1.76 bits per heavy atom. The van der Waals surface area contributed by atoms with Gasteiger partial charge < -0.3 is 5.32 Å². The van der Waals surface area contributed by atoms with Crippen LogP contribution in [0.1, 0.15) is 22.3 Å². The molecule has 2 aromatic carbocycles. The Kier molecular flexibility index (Phi) is 5.31. The van der Waals surface area contributed by atoms with Crippen molar-refractivity contribution in [1.29, 1.82) is 0 Å². The number of aromatic nitrogens is 2. The van der Waals surface area contributed by atoms with Crippen molar-refractivity contribution in [2.45, 2.75) is 13.0 Å². The standard InChI is InChI=1S/C22H17N3O3S/c26-19(10-12-25-14-23-18-11-13-29-21(18)22(25)28)24-17-9-5-4-8-16(17)20(27)15-6-2-1-3-7-15/h1-9,11,13-14H,10,12H2,(H,24,26). The van der Waals surface area contributed by atoms with Crippen molar-refractivity contribution in [2.75, 3.05) is 5.32 Å². The molecular formula is C22H17N3O3S. The molecule has 0 fully saturated rings. The van der Waals surface area contributed by atoms with Crippen LogP contribution in [-0.4, -0.2) is 21.2 Å². The Balaban J connectivity index is 1.48. The van der Waals surface area contributed by atoms with E-state index in [1.807, 2.05) is 11.4 Å². The predicted molar refractivity (Wildman–Crippen MR) is 113 cm³/mol. The third-order valence-electron chi connectivity index (χ3n) is 4.50. The van der Waals surface area contributed by atoms with Gasteiger partial charge in [-0.05, 0) is 23.6 Å². The fourth-order valence-corrected chi connectivity index (χ4v) is 3.80. The Bertz CT molecular complexity index is 1240. The number of thiophene rings is 1. The molecule has 0 bridgehead atoms. The van der Waals surface area contributed by atoms with Gasteiger partial charge in [0.15, 0.2) is 5.78 Å². The number of carbonyl (C=O) groups is 2. The van der Waals surface area contributed by atoms with Crippen molar-refractivity contribution >= 4 is 38.9 Å². The third kappa shape index (κ3) is 4.00. The summed E-state index contributed by atoms with van der Waals surface area (Å²) in [4.78, 5) is 41.9. The fourth-order valence-electron chi connectivity index (χ4n) is 3.01. The Labute approximate surface area is 170 Å². The number of benzene rings is 2. The third-order valence-corrected chi connectivity index (χ3v) is 5.39. The molecule has 29 heavy (non-hydrogen) atoms. The molecule has 4 rings (SSSR count). The lowest BCUT2D eigenvalue weighted by atomic mass is 10.0. The van der Waals surface area contributed by atoms with Gasteiger partial charge in [-0.3, -0.25) is 19.0 Å². The van der Waals surface area contributed by atoms with Gasteiger partial charge in [-0.25, -0.2) is 4.98 Å². The summed E-state index contributed by atoms with van der Waals surface area (Å²) < 4.78 is 2.01. The van der Waals surface area contributed by atoms with Crippen molar-refractivity contribution < 1.29 is 9.59 Å². The molecule has 0 radical (unpaired) electrons. The highest BCUT2D eigenvalue weighted by molar-refractivity contribution is 7.17. The predicted octanol–water partition coefficient (Wildman–Crippen LogP) is 3.72.